The standard InChI is InChI=1S/C11H15BrN2O3S2/c1-8(7-14-6-2-3-10(14)15)13-19(16,17)11-5-4-9(12)18-11/h4-5,8,13H,2-3,6-7H2,1H3. The van der Waals surface area contributed by atoms with Gasteiger partial charge in [0.25, 0.3) is 0 Å². The molecule has 1 aliphatic heterocycles. The van der Waals surface area contributed by atoms with Crippen molar-refractivity contribution in [2.45, 2.75) is 30.0 Å². The first-order chi connectivity index (χ1) is 8.88. The van der Waals surface area contributed by atoms with Crippen LogP contribution in [0.25, 0.3) is 0 Å². The normalized spacial score (nSPS) is 18.0. The van der Waals surface area contributed by atoms with Gasteiger partial charge in [0, 0.05) is 25.6 Å². The number of thiophene rings is 1. The topological polar surface area (TPSA) is 66.5 Å². The first kappa shape index (κ1) is 15.0. The maximum Gasteiger partial charge on any atom is 0.250 e. The van der Waals surface area contributed by atoms with Crippen LogP contribution in [-0.4, -0.2) is 38.4 Å². The molecule has 1 amide bonds. The van der Waals surface area contributed by atoms with Gasteiger partial charge in [0.1, 0.15) is 4.21 Å². The van der Waals surface area contributed by atoms with Crippen LogP contribution in [0, 0.1) is 0 Å². The molecular formula is C11H15BrN2O3S2. The SMILES string of the molecule is CC(CN1CCCC1=O)NS(=O)(=O)c1ccc(Br)s1. The molecule has 1 aliphatic rings. The molecule has 0 aliphatic carbocycles. The molecule has 8 heteroatoms. The third kappa shape index (κ3) is 3.77. The highest BCUT2D eigenvalue weighted by Gasteiger charge is 2.25. The van der Waals surface area contributed by atoms with E-state index in [9.17, 15) is 13.2 Å². The van der Waals surface area contributed by atoms with Gasteiger partial charge in [-0.3, -0.25) is 4.79 Å². The second-order valence-electron chi connectivity index (χ2n) is 4.52. The fourth-order valence-electron chi connectivity index (χ4n) is 2.03. The van der Waals surface area contributed by atoms with Gasteiger partial charge < -0.3 is 4.90 Å². The van der Waals surface area contributed by atoms with E-state index in [1.807, 2.05) is 0 Å². The number of halogens is 1. The van der Waals surface area contributed by atoms with Crippen LogP contribution in [0.2, 0.25) is 0 Å². The van der Waals surface area contributed by atoms with Crippen molar-refractivity contribution in [2.24, 2.45) is 0 Å². The lowest BCUT2D eigenvalue weighted by molar-refractivity contribution is -0.127. The number of carbonyl (C=O) groups excluding carboxylic acids is 1. The molecule has 1 fully saturated rings. The number of nitrogens with zero attached hydrogens (tertiary/aromatic N) is 1. The Labute approximate surface area is 125 Å². The van der Waals surface area contributed by atoms with E-state index in [1.165, 1.54) is 11.3 Å². The summed E-state index contributed by atoms with van der Waals surface area (Å²) in [6.45, 7) is 2.91. The predicted octanol–water partition coefficient (Wildman–Crippen LogP) is 1.80. The Kier molecular flexibility index (Phi) is 4.65. The Bertz CT molecular complexity index is 570. The maximum atomic E-state index is 12.1. The summed E-state index contributed by atoms with van der Waals surface area (Å²) in [5, 5.41) is 0. The number of amides is 1. The molecule has 0 aromatic carbocycles. The molecule has 1 atom stereocenters. The average molecular weight is 367 g/mol. The highest BCUT2D eigenvalue weighted by molar-refractivity contribution is 9.11. The molecular weight excluding hydrogens is 352 g/mol. The molecule has 1 saturated heterocycles. The van der Waals surface area contributed by atoms with Crippen molar-refractivity contribution in [3.63, 3.8) is 0 Å². The number of hydrogen-bond acceptors (Lipinski definition) is 4. The highest BCUT2D eigenvalue weighted by atomic mass is 79.9. The number of nitrogens with one attached hydrogen (secondary N) is 1. The van der Waals surface area contributed by atoms with Gasteiger partial charge in [0.05, 0.1) is 3.79 Å². The smallest absolute Gasteiger partial charge is 0.250 e. The fraction of sp³-hybridized carbons (Fsp3) is 0.545. The number of likely N-dealkylation sites (tertiary alicyclic amines) is 1. The molecule has 2 heterocycles. The Morgan fingerprint density at radius 2 is 2.26 bits per heavy atom. The van der Waals surface area contributed by atoms with Gasteiger partial charge in [-0.2, -0.15) is 0 Å². The third-order valence-corrected chi connectivity index (χ3v) is 6.54. The van der Waals surface area contributed by atoms with Gasteiger partial charge in [-0.25, -0.2) is 13.1 Å². The molecule has 2 rings (SSSR count). The summed E-state index contributed by atoms with van der Waals surface area (Å²) in [7, 11) is -3.50. The third-order valence-electron chi connectivity index (χ3n) is 2.84. The van der Waals surface area contributed by atoms with Crippen molar-refractivity contribution >= 4 is 43.2 Å². The minimum Gasteiger partial charge on any atom is -0.341 e. The molecule has 106 valence electrons. The van der Waals surface area contributed by atoms with Crippen molar-refractivity contribution in [2.75, 3.05) is 13.1 Å². The van der Waals surface area contributed by atoms with Crippen LogP contribution < -0.4 is 4.72 Å². The van der Waals surface area contributed by atoms with E-state index in [0.29, 0.717) is 13.0 Å². The molecule has 19 heavy (non-hydrogen) atoms. The zero-order chi connectivity index (χ0) is 14.0. The minimum absolute atomic E-state index is 0.102. The van der Waals surface area contributed by atoms with Gasteiger partial charge >= 0.3 is 0 Å². The van der Waals surface area contributed by atoms with E-state index >= 15 is 0 Å². The number of rotatable bonds is 5. The van der Waals surface area contributed by atoms with Crippen LogP contribution >= 0.6 is 27.3 Å². The molecule has 0 saturated carbocycles. The molecule has 1 N–H and O–H groups in total. The van der Waals surface area contributed by atoms with E-state index < -0.39 is 10.0 Å². The van der Waals surface area contributed by atoms with Crippen LogP contribution in [0.4, 0.5) is 0 Å². The lowest BCUT2D eigenvalue weighted by Crippen LogP contribution is -2.42. The van der Waals surface area contributed by atoms with E-state index in [4.69, 9.17) is 0 Å². The van der Waals surface area contributed by atoms with Gasteiger partial charge in [-0.15, -0.1) is 11.3 Å². The maximum absolute atomic E-state index is 12.1. The van der Waals surface area contributed by atoms with Crippen LogP contribution in [0.3, 0.4) is 0 Å². The van der Waals surface area contributed by atoms with Crippen molar-refractivity contribution in [1.29, 1.82) is 0 Å². The number of hydrogen-bond donors (Lipinski definition) is 1. The largest absolute Gasteiger partial charge is 0.341 e. The molecule has 0 radical (unpaired) electrons. The first-order valence-electron chi connectivity index (χ1n) is 5.94. The van der Waals surface area contributed by atoms with Crippen LogP contribution in [0.5, 0.6) is 0 Å². The van der Waals surface area contributed by atoms with E-state index in [2.05, 4.69) is 20.7 Å². The quantitative estimate of drug-likeness (QED) is 0.863. The Balaban J connectivity index is 1.98. The molecule has 1 aromatic rings. The van der Waals surface area contributed by atoms with Gasteiger partial charge in [0.15, 0.2) is 0 Å². The van der Waals surface area contributed by atoms with Crippen molar-refractivity contribution in [3.05, 3.63) is 15.9 Å². The van der Waals surface area contributed by atoms with E-state index in [0.717, 1.165) is 16.8 Å². The monoisotopic (exact) mass is 366 g/mol. The Hall–Kier alpha value is -0.440. The van der Waals surface area contributed by atoms with Crippen molar-refractivity contribution in [3.8, 4) is 0 Å². The van der Waals surface area contributed by atoms with Crippen LogP contribution in [-0.2, 0) is 14.8 Å². The minimum atomic E-state index is -3.50. The van der Waals surface area contributed by atoms with Gasteiger partial charge in [0.2, 0.25) is 15.9 Å². The highest BCUT2D eigenvalue weighted by Crippen LogP contribution is 2.26. The zero-order valence-corrected chi connectivity index (χ0v) is 13.6. The molecule has 0 spiro atoms. The predicted molar refractivity (Wildman–Crippen MR) is 77.6 cm³/mol. The second kappa shape index (κ2) is 5.90. The molecule has 1 unspecified atom stereocenters. The Morgan fingerprint density at radius 3 is 2.79 bits per heavy atom. The summed E-state index contributed by atoms with van der Waals surface area (Å²) in [4.78, 5) is 13.2. The summed E-state index contributed by atoms with van der Waals surface area (Å²) in [5.41, 5.74) is 0. The van der Waals surface area contributed by atoms with Gasteiger partial charge in [-0.05, 0) is 41.4 Å². The lowest BCUT2D eigenvalue weighted by atomic mass is 10.3. The first-order valence-corrected chi connectivity index (χ1v) is 9.03. The summed E-state index contributed by atoms with van der Waals surface area (Å²) >= 11 is 4.41. The molecule has 5 nitrogen and oxygen atoms in total. The fourth-order valence-corrected chi connectivity index (χ4v) is 5.29. The Morgan fingerprint density at radius 1 is 1.53 bits per heavy atom. The van der Waals surface area contributed by atoms with E-state index in [1.54, 1.807) is 24.0 Å². The van der Waals surface area contributed by atoms with E-state index in [-0.39, 0.29) is 16.2 Å². The lowest BCUT2D eigenvalue weighted by Gasteiger charge is -2.21. The average Bonchev–Trinajstić information content (AvgIpc) is 2.88. The summed E-state index contributed by atoms with van der Waals surface area (Å²) in [6, 6.07) is 2.96. The van der Waals surface area contributed by atoms with Crippen LogP contribution in [0.15, 0.2) is 20.1 Å². The van der Waals surface area contributed by atoms with Gasteiger partial charge in [-0.1, -0.05) is 0 Å². The zero-order valence-electron chi connectivity index (χ0n) is 10.4. The molecule has 0 bridgehead atoms. The second-order valence-corrected chi connectivity index (χ2v) is 8.93. The molecule has 1 aromatic heterocycles. The number of carbonyl (C=O) groups is 1. The van der Waals surface area contributed by atoms with Crippen molar-refractivity contribution < 1.29 is 13.2 Å². The van der Waals surface area contributed by atoms with Crippen LogP contribution in [0.1, 0.15) is 19.8 Å². The number of sulfonamides is 1. The summed E-state index contributed by atoms with van der Waals surface area (Å²) < 4.78 is 27.8. The summed E-state index contributed by atoms with van der Waals surface area (Å²) in [6.07, 6.45) is 1.42. The van der Waals surface area contributed by atoms with Crippen molar-refractivity contribution in [1.82, 2.24) is 9.62 Å². The summed E-state index contributed by atoms with van der Waals surface area (Å²) in [5.74, 6) is 0.102.